The molecule has 0 saturated carbocycles. The molecular formula is C32H41N3O4S. The summed E-state index contributed by atoms with van der Waals surface area (Å²) >= 11 is 0. The van der Waals surface area contributed by atoms with Crippen molar-refractivity contribution in [3.63, 3.8) is 0 Å². The van der Waals surface area contributed by atoms with E-state index in [9.17, 15) is 18.0 Å². The van der Waals surface area contributed by atoms with Crippen LogP contribution in [0.5, 0.6) is 0 Å². The predicted molar refractivity (Wildman–Crippen MR) is 161 cm³/mol. The molecule has 1 N–H and O–H groups in total. The van der Waals surface area contributed by atoms with Crippen LogP contribution in [-0.4, -0.2) is 43.8 Å². The smallest absolute Gasteiger partial charge is 0.264 e. The number of carbonyl (C=O) groups is 2. The molecule has 0 aliphatic carbocycles. The summed E-state index contributed by atoms with van der Waals surface area (Å²) in [6.45, 7) is 12.9. The van der Waals surface area contributed by atoms with Gasteiger partial charge in [-0.15, -0.1) is 0 Å². The first-order valence-corrected chi connectivity index (χ1v) is 15.1. The number of hydrogen-bond acceptors (Lipinski definition) is 4. The fraction of sp³-hybridized carbons (Fsp3) is 0.375. The molecule has 0 spiro atoms. The van der Waals surface area contributed by atoms with E-state index >= 15 is 0 Å². The summed E-state index contributed by atoms with van der Waals surface area (Å²) in [5, 5.41) is 2.92. The van der Waals surface area contributed by atoms with Crippen LogP contribution in [0.1, 0.15) is 55.0 Å². The zero-order valence-corrected chi connectivity index (χ0v) is 25.4. The molecule has 0 unspecified atom stereocenters. The maximum atomic E-state index is 14.2. The number of anilines is 1. The maximum absolute atomic E-state index is 14.2. The minimum Gasteiger partial charge on any atom is -0.352 e. The first kappa shape index (κ1) is 30.9. The molecule has 0 saturated heterocycles. The summed E-state index contributed by atoms with van der Waals surface area (Å²) in [7, 11) is -4.10. The van der Waals surface area contributed by atoms with Crippen molar-refractivity contribution in [2.75, 3.05) is 10.8 Å². The third-order valence-corrected chi connectivity index (χ3v) is 8.55. The number of nitrogens with zero attached hydrogens (tertiary/aromatic N) is 2. The van der Waals surface area contributed by atoms with Gasteiger partial charge in [0.05, 0.1) is 10.6 Å². The van der Waals surface area contributed by atoms with Gasteiger partial charge in [-0.1, -0.05) is 66.6 Å². The summed E-state index contributed by atoms with van der Waals surface area (Å²) < 4.78 is 29.3. The molecule has 0 aliphatic rings. The zero-order valence-electron chi connectivity index (χ0n) is 24.6. The van der Waals surface area contributed by atoms with Crippen LogP contribution in [-0.2, 0) is 26.2 Å². The molecule has 40 heavy (non-hydrogen) atoms. The number of carbonyl (C=O) groups excluding carboxylic acids is 2. The summed E-state index contributed by atoms with van der Waals surface area (Å²) in [4.78, 5) is 29.0. The Morgan fingerprint density at radius 2 is 1.48 bits per heavy atom. The standard InChI is InChI=1S/C32H41N3O4S/c1-8-29(32(37)33-22(2)3)34(20-27-11-9-10-24(5)18-27)31(36)21-35(30-19-25(6)12-15-26(30)7)40(38,39)28-16-13-23(4)14-17-28/h9-19,22,29H,8,20-21H2,1-7H3,(H,33,37)/t29-/m0/s1. The lowest BCUT2D eigenvalue weighted by Gasteiger charge is -2.34. The summed E-state index contributed by atoms with van der Waals surface area (Å²) in [5.41, 5.74) is 4.86. The fourth-order valence-electron chi connectivity index (χ4n) is 4.65. The molecule has 0 radical (unpaired) electrons. The number of aryl methyl sites for hydroxylation is 4. The van der Waals surface area contributed by atoms with Crippen molar-refractivity contribution >= 4 is 27.5 Å². The topological polar surface area (TPSA) is 86.8 Å². The second-order valence-corrected chi connectivity index (χ2v) is 12.6. The van der Waals surface area contributed by atoms with Gasteiger partial charge in [-0.3, -0.25) is 13.9 Å². The van der Waals surface area contributed by atoms with E-state index in [1.54, 1.807) is 30.3 Å². The molecule has 214 valence electrons. The largest absolute Gasteiger partial charge is 0.352 e. The monoisotopic (exact) mass is 563 g/mol. The molecule has 2 amide bonds. The molecule has 0 bridgehead atoms. The van der Waals surface area contributed by atoms with Gasteiger partial charge in [-0.05, 0) is 82.9 Å². The van der Waals surface area contributed by atoms with E-state index in [0.29, 0.717) is 12.1 Å². The van der Waals surface area contributed by atoms with Gasteiger partial charge in [0.1, 0.15) is 12.6 Å². The number of nitrogens with one attached hydrogen (secondary N) is 1. The molecule has 1 atom stereocenters. The fourth-order valence-corrected chi connectivity index (χ4v) is 6.12. The number of benzene rings is 3. The van der Waals surface area contributed by atoms with Crippen molar-refractivity contribution in [2.45, 2.75) is 78.4 Å². The first-order chi connectivity index (χ1) is 18.8. The number of hydrogen-bond donors (Lipinski definition) is 1. The molecule has 3 aromatic carbocycles. The molecule has 8 heteroatoms. The number of rotatable bonds is 11. The third-order valence-electron chi connectivity index (χ3n) is 6.77. The molecule has 3 aromatic rings. The van der Waals surface area contributed by atoms with Crippen LogP contribution in [0.4, 0.5) is 5.69 Å². The van der Waals surface area contributed by atoms with Crippen LogP contribution in [0.25, 0.3) is 0 Å². The average molecular weight is 564 g/mol. The Labute approximate surface area is 239 Å². The molecule has 0 aromatic heterocycles. The second kappa shape index (κ2) is 13.1. The van der Waals surface area contributed by atoms with Crippen molar-refractivity contribution in [3.8, 4) is 0 Å². The van der Waals surface area contributed by atoms with Gasteiger partial charge >= 0.3 is 0 Å². The summed E-state index contributed by atoms with van der Waals surface area (Å²) in [6.07, 6.45) is 0.379. The average Bonchev–Trinajstić information content (AvgIpc) is 2.88. The first-order valence-electron chi connectivity index (χ1n) is 13.7. The Bertz CT molecular complexity index is 1450. The Balaban J connectivity index is 2.11. The van der Waals surface area contributed by atoms with Crippen LogP contribution in [0.15, 0.2) is 71.6 Å². The highest BCUT2D eigenvalue weighted by Crippen LogP contribution is 2.29. The van der Waals surface area contributed by atoms with Gasteiger partial charge in [0.2, 0.25) is 11.8 Å². The maximum Gasteiger partial charge on any atom is 0.264 e. The van der Waals surface area contributed by atoms with Crippen molar-refractivity contribution in [1.29, 1.82) is 0 Å². The normalized spacial score (nSPS) is 12.2. The van der Waals surface area contributed by atoms with Crippen LogP contribution >= 0.6 is 0 Å². The molecular weight excluding hydrogens is 522 g/mol. The Morgan fingerprint density at radius 3 is 2.08 bits per heavy atom. The number of sulfonamides is 1. The van der Waals surface area contributed by atoms with E-state index < -0.39 is 28.5 Å². The minimum absolute atomic E-state index is 0.0987. The lowest BCUT2D eigenvalue weighted by Crippen LogP contribution is -2.53. The minimum atomic E-state index is -4.10. The van der Waals surface area contributed by atoms with Gasteiger partial charge < -0.3 is 10.2 Å². The van der Waals surface area contributed by atoms with Crippen LogP contribution in [0, 0.1) is 27.7 Å². The van der Waals surface area contributed by atoms with Crippen molar-refractivity contribution in [1.82, 2.24) is 10.2 Å². The number of amides is 2. The van der Waals surface area contributed by atoms with Gasteiger partial charge in [0.15, 0.2) is 0 Å². The van der Waals surface area contributed by atoms with Crippen molar-refractivity contribution in [3.05, 3.63) is 94.5 Å². The van der Waals surface area contributed by atoms with Gasteiger partial charge in [0.25, 0.3) is 10.0 Å². The van der Waals surface area contributed by atoms with Gasteiger partial charge in [-0.25, -0.2) is 8.42 Å². The van der Waals surface area contributed by atoms with E-state index in [0.717, 1.165) is 27.8 Å². The van der Waals surface area contributed by atoms with E-state index in [1.165, 1.54) is 9.21 Å². The molecule has 0 fully saturated rings. The Morgan fingerprint density at radius 1 is 0.850 bits per heavy atom. The lowest BCUT2D eigenvalue weighted by molar-refractivity contribution is -0.140. The van der Waals surface area contributed by atoms with E-state index in [1.807, 2.05) is 84.9 Å². The zero-order chi connectivity index (χ0) is 29.6. The molecule has 0 heterocycles. The van der Waals surface area contributed by atoms with Crippen molar-refractivity contribution in [2.24, 2.45) is 0 Å². The van der Waals surface area contributed by atoms with E-state index in [2.05, 4.69) is 5.32 Å². The SMILES string of the molecule is CC[C@@H](C(=O)NC(C)C)N(Cc1cccc(C)c1)C(=O)CN(c1cc(C)ccc1C)S(=O)(=O)c1ccc(C)cc1. The Hall–Kier alpha value is -3.65. The summed E-state index contributed by atoms with van der Waals surface area (Å²) in [5.74, 6) is -0.720. The molecule has 7 nitrogen and oxygen atoms in total. The highest BCUT2D eigenvalue weighted by atomic mass is 32.2. The van der Waals surface area contributed by atoms with E-state index in [4.69, 9.17) is 0 Å². The molecule has 3 rings (SSSR count). The predicted octanol–water partition coefficient (Wildman–Crippen LogP) is 5.45. The highest BCUT2D eigenvalue weighted by Gasteiger charge is 2.34. The highest BCUT2D eigenvalue weighted by molar-refractivity contribution is 7.92. The van der Waals surface area contributed by atoms with Crippen LogP contribution < -0.4 is 9.62 Å². The van der Waals surface area contributed by atoms with Crippen LogP contribution in [0.3, 0.4) is 0 Å². The molecule has 0 aliphatic heterocycles. The quantitative estimate of drug-likeness (QED) is 0.336. The van der Waals surface area contributed by atoms with E-state index in [-0.39, 0.29) is 23.4 Å². The van der Waals surface area contributed by atoms with Gasteiger partial charge in [0, 0.05) is 12.6 Å². The van der Waals surface area contributed by atoms with Crippen LogP contribution in [0.2, 0.25) is 0 Å². The Kier molecular flexibility index (Phi) is 10.1. The second-order valence-electron chi connectivity index (χ2n) is 10.7. The third kappa shape index (κ3) is 7.50. The summed E-state index contributed by atoms with van der Waals surface area (Å²) in [6, 6.07) is 19.0. The lowest BCUT2D eigenvalue weighted by atomic mass is 10.1. The van der Waals surface area contributed by atoms with Crippen molar-refractivity contribution < 1.29 is 18.0 Å². The van der Waals surface area contributed by atoms with Gasteiger partial charge in [-0.2, -0.15) is 0 Å².